The maximum atomic E-state index is 12.7. The smallest absolute Gasteiger partial charge is 0.233 e. The number of pyridine rings is 1. The molecule has 0 aliphatic heterocycles. The number of aryl methyl sites for hydroxylation is 1. The largest absolute Gasteiger partial charge is 0.338 e. The number of carbonyl (C=O) groups excluding carboxylic acids is 1. The third kappa shape index (κ3) is 3.88. The molecule has 0 saturated carbocycles. The first-order chi connectivity index (χ1) is 13.2. The molecule has 27 heavy (non-hydrogen) atoms. The van der Waals surface area contributed by atoms with Gasteiger partial charge in [0.2, 0.25) is 11.1 Å². The van der Waals surface area contributed by atoms with Crippen molar-refractivity contribution in [3.05, 3.63) is 59.9 Å². The van der Waals surface area contributed by atoms with Gasteiger partial charge in [-0.25, -0.2) is 4.98 Å². The molecule has 4 rings (SSSR count). The van der Waals surface area contributed by atoms with Gasteiger partial charge in [0, 0.05) is 25.0 Å². The van der Waals surface area contributed by atoms with Crippen LogP contribution < -0.4 is 0 Å². The number of aromatic nitrogens is 4. The average Bonchev–Trinajstić information content (AvgIpc) is 3.21. The molecule has 3 aromatic rings. The molecule has 1 aliphatic carbocycles. The molecular formula is C20H21N5OS. The molecule has 1 aromatic carbocycles. The highest BCUT2D eigenvalue weighted by atomic mass is 32.2. The van der Waals surface area contributed by atoms with E-state index in [2.05, 4.69) is 44.4 Å². The van der Waals surface area contributed by atoms with Crippen LogP contribution in [0.2, 0.25) is 0 Å². The van der Waals surface area contributed by atoms with Gasteiger partial charge in [0.25, 0.3) is 0 Å². The fourth-order valence-corrected chi connectivity index (χ4v) is 4.20. The fraction of sp³-hybridized carbons (Fsp3) is 0.300. The van der Waals surface area contributed by atoms with E-state index in [0.29, 0.717) is 16.7 Å². The zero-order valence-electron chi connectivity index (χ0n) is 15.1. The molecule has 1 atom stereocenters. The van der Waals surface area contributed by atoms with Crippen LogP contribution in [0.5, 0.6) is 0 Å². The Labute approximate surface area is 162 Å². The van der Waals surface area contributed by atoms with Crippen molar-refractivity contribution in [1.82, 2.24) is 25.1 Å². The number of rotatable bonds is 5. The van der Waals surface area contributed by atoms with Crippen molar-refractivity contribution in [1.29, 1.82) is 0 Å². The van der Waals surface area contributed by atoms with Gasteiger partial charge in [-0.3, -0.25) is 14.9 Å². The van der Waals surface area contributed by atoms with Crippen molar-refractivity contribution < 1.29 is 4.79 Å². The summed E-state index contributed by atoms with van der Waals surface area (Å²) >= 11 is 1.36. The molecule has 2 heterocycles. The van der Waals surface area contributed by atoms with Gasteiger partial charge in [-0.2, -0.15) is 0 Å². The van der Waals surface area contributed by atoms with Crippen LogP contribution in [0.25, 0.3) is 11.4 Å². The molecule has 1 N–H and O–H groups in total. The summed E-state index contributed by atoms with van der Waals surface area (Å²) in [4.78, 5) is 23.1. The first-order valence-corrected chi connectivity index (χ1v) is 10.00. The monoisotopic (exact) mass is 379 g/mol. The number of amides is 1. The molecule has 0 radical (unpaired) electrons. The van der Waals surface area contributed by atoms with Crippen molar-refractivity contribution in [3.63, 3.8) is 0 Å². The molecule has 6 nitrogen and oxygen atoms in total. The zero-order chi connectivity index (χ0) is 18.6. The number of benzene rings is 1. The van der Waals surface area contributed by atoms with E-state index in [9.17, 15) is 4.79 Å². The highest BCUT2D eigenvalue weighted by Crippen LogP contribution is 2.33. The van der Waals surface area contributed by atoms with E-state index in [4.69, 9.17) is 0 Å². The van der Waals surface area contributed by atoms with E-state index in [1.54, 1.807) is 12.4 Å². The van der Waals surface area contributed by atoms with E-state index in [1.165, 1.54) is 22.9 Å². The Balaban J connectivity index is 1.39. The van der Waals surface area contributed by atoms with Gasteiger partial charge in [-0.05, 0) is 42.5 Å². The summed E-state index contributed by atoms with van der Waals surface area (Å²) in [7, 11) is 1.90. The first kappa shape index (κ1) is 17.7. The second kappa shape index (κ2) is 7.92. The third-order valence-electron chi connectivity index (χ3n) is 4.94. The van der Waals surface area contributed by atoms with Crippen LogP contribution in [0.15, 0.2) is 53.9 Å². The van der Waals surface area contributed by atoms with E-state index >= 15 is 0 Å². The normalized spacial score (nSPS) is 16.0. The van der Waals surface area contributed by atoms with Crippen molar-refractivity contribution in [3.8, 4) is 11.4 Å². The number of nitrogens with zero attached hydrogens (tertiary/aromatic N) is 4. The highest BCUT2D eigenvalue weighted by molar-refractivity contribution is 7.99. The number of nitrogens with one attached hydrogen (secondary N) is 1. The Kier molecular flexibility index (Phi) is 5.20. The molecule has 0 spiro atoms. The lowest BCUT2D eigenvalue weighted by Crippen LogP contribution is -2.34. The van der Waals surface area contributed by atoms with Crippen molar-refractivity contribution in [2.24, 2.45) is 0 Å². The predicted molar refractivity (Wildman–Crippen MR) is 105 cm³/mol. The summed E-state index contributed by atoms with van der Waals surface area (Å²) in [6, 6.07) is 12.3. The van der Waals surface area contributed by atoms with Gasteiger partial charge in [0.1, 0.15) is 0 Å². The summed E-state index contributed by atoms with van der Waals surface area (Å²) in [5.74, 6) is 1.10. The van der Waals surface area contributed by atoms with Gasteiger partial charge >= 0.3 is 0 Å². The summed E-state index contributed by atoms with van der Waals surface area (Å²) in [6.45, 7) is 0. The molecule has 7 heteroatoms. The van der Waals surface area contributed by atoms with Crippen LogP contribution in [-0.2, 0) is 11.2 Å². The van der Waals surface area contributed by atoms with E-state index < -0.39 is 0 Å². The molecular weight excluding hydrogens is 358 g/mol. The molecule has 138 valence electrons. The van der Waals surface area contributed by atoms with Gasteiger partial charge in [-0.15, -0.1) is 5.10 Å². The van der Waals surface area contributed by atoms with E-state index in [-0.39, 0.29) is 11.9 Å². The van der Waals surface area contributed by atoms with Crippen molar-refractivity contribution in [2.75, 3.05) is 12.8 Å². The fourth-order valence-electron chi connectivity index (χ4n) is 3.48. The van der Waals surface area contributed by atoms with E-state index in [1.807, 2.05) is 24.1 Å². The lowest BCUT2D eigenvalue weighted by atomic mass is 9.87. The third-order valence-corrected chi connectivity index (χ3v) is 5.77. The van der Waals surface area contributed by atoms with Gasteiger partial charge in [0.05, 0.1) is 11.8 Å². The van der Waals surface area contributed by atoms with Crippen LogP contribution in [0, 0.1) is 0 Å². The molecule has 1 aliphatic rings. The Morgan fingerprint density at radius 1 is 1.26 bits per heavy atom. The topological polar surface area (TPSA) is 74.8 Å². The lowest BCUT2D eigenvalue weighted by molar-refractivity contribution is -0.129. The number of hydrogen-bond acceptors (Lipinski definition) is 5. The molecule has 2 aromatic heterocycles. The average molecular weight is 379 g/mol. The second-order valence-corrected chi connectivity index (χ2v) is 7.55. The zero-order valence-corrected chi connectivity index (χ0v) is 15.9. The number of fused-ring (bicyclic) bond motifs is 1. The van der Waals surface area contributed by atoms with Crippen LogP contribution in [-0.4, -0.2) is 43.8 Å². The van der Waals surface area contributed by atoms with Crippen LogP contribution >= 0.6 is 11.8 Å². The van der Waals surface area contributed by atoms with Crippen LogP contribution in [0.4, 0.5) is 0 Å². The van der Waals surface area contributed by atoms with Crippen LogP contribution in [0.3, 0.4) is 0 Å². The lowest BCUT2D eigenvalue weighted by Gasteiger charge is -2.33. The molecule has 0 fully saturated rings. The number of thioether (sulfide) groups is 1. The first-order valence-electron chi connectivity index (χ1n) is 9.01. The highest BCUT2D eigenvalue weighted by Gasteiger charge is 2.26. The molecule has 0 bridgehead atoms. The Hall–Kier alpha value is -2.67. The molecule has 0 unspecified atom stereocenters. The minimum absolute atomic E-state index is 0.0944. The van der Waals surface area contributed by atoms with Crippen LogP contribution in [0.1, 0.15) is 30.0 Å². The van der Waals surface area contributed by atoms with Crippen molar-refractivity contribution in [2.45, 2.75) is 30.5 Å². The van der Waals surface area contributed by atoms with E-state index in [0.717, 1.165) is 24.8 Å². The van der Waals surface area contributed by atoms with Gasteiger partial charge in [-0.1, -0.05) is 36.0 Å². The summed E-state index contributed by atoms with van der Waals surface area (Å²) in [5, 5.41) is 7.70. The van der Waals surface area contributed by atoms with Gasteiger partial charge < -0.3 is 4.90 Å². The maximum Gasteiger partial charge on any atom is 0.233 e. The molecule has 1 amide bonds. The molecule has 0 saturated heterocycles. The quantitative estimate of drug-likeness (QED) is 0.687. The SMILES string of the molecule is CN(C(=O)CSc1n[nH]c(-c2ccncc2)n1)[C@H]1CCCc2ccccc21. The number of carbonyl (C=O) groups is 1. The number of hydrogen-bond donors (Lipinski definition) is 1. The maximum absolute atomic E-state index is 12.7. The number of aromatic amines is 1. The Morgan fingerprint density at radius 3 is 2.93 bits per heavy atom. The van der Waals surface area contributed by atoms with Gasteiger partial charge in [0.15, 0.2) is 5.82 Å². The summed E-state index contributed by atoms with van der Waals surface area (Å²) in [6.07, 6.45) is 6.65. The predicted octanol–water partition coefficient (Wildman–Crippen LogP) is 3.49. The van der Waals surface area contributed by atoms with Crippen molar-refractivity contribution >= 4 is 17.7 Å². The Morgan fingerprint density at radius 2 is 2.07 bits per heavy atom. The minimum atomic E-state index is 0.0944. The summed E-state index contributed by atoms with van der Waals surface area (Å²) < 4.78 is 0. The minimum Gasteiger partial charge on any atom is -0.338 e. The second-order valence-electron chi connectivity index (χ2n) is 6.60. The standard InChI is InChI=1S/C20H21N5OS/c1-25(17-8-4-6-14-5-2-3-7-16(14)17)18(26)13-27-20-22-19(23-24-20)15-9-11-21-12-10-15/h2-3,5,7,9-12,17H,4,6,8,13H2,1H3,(H,22,23,24)/t17-/m0/s1. The Bertz CT molecular complexity index is 927. The number of H-pyrrole nitrogens is 1. The summed E-state index contributed by atoms with van der Waals surface area (Å²) in [5.41, 5.74) is 3.56.